The normalized spacial score (nSPS) is 20.6. The standard InChI is InChI=1S/C11H15N5O/c1-7-9(6-13-15-7)11-14-10(16-17-11)8-3-2-4-12-5-8/h6,8,12H,2-5H2,1H3,(H,13,15). The van der Waals surface area contributed by atoms with Crippen molar-refractivity contribution in [3.05, 3.63) is 17.7 Å². The maximum atomic E-state index is 5.29. The van der Waals surface area contributed by atoms with Gasteiger partial charge in [0.15, 0.2) is 5.82 Å². The second-order valence-electron chi connectivity index (χ2n) is 4.41. The lowest BCUT2D eigenvalue weighted by Crippen LogP contribution is -2.28. The van der Waals surface area contributed by atoms with Gasteiger partial charge in [-0.3, -0.25) is 5.10 Å². The highest BCUT2D eigenvalue weighted by atomic mass is 16.5. The first kappa shape index (κ1) is 10.5. The van der Waals surface area contributed by atoms with Crippen LogP contribution in [0.15, 0.2) is 10.7 Å². The molecule has 17 heavy (non-hydrogen) atoms. The van der Waals surface area contributed by atoms with Crippen molar-refractivity contribution in [3.63, 3.8) is 0 Å². The predicted molar refractivity (Wildman–Crippen MR) is 61.5 cm³/mol. The van der Waals surface area contributed by atoms with Crippen molar-refractivity contribution in [2.24, 2.45) is 0 Å². The number of hydrogen-bond acceptors (Lipinski definition) is 5. The Morgan fingerprint density at radius 2 is 2.41 bits per heavy atom. The van der Waals surface area contributed by atoms with Crippen LogP contribution in [0.5, 0.6) is 0 Å². The van der Waals surface area contributed by atoms with E-state index in [-0.39, 0.29) is 0 Å². The fourth-order valence-electron chi connectivity index (χ4n) is 2.15. The molecule has 90 valence electrons. The van der Waals surface area contributed by atoms with E-state index in [1.165, 1.54) is 6.42 Å². The molecule has 0 amide bonds. The van der Waals surface area contributed by atoms with E-state index in [1.54, 1.807) is 6.20 Å². The molecule has 0 saturated carbocycles. The van der Waals surface area contributed by atoms with Gasteiger partial charge in [-0.25, -0.2) is 0 Å². The molecule has 0 aromatic carbocycles. The molecule has 3 rings (SSSR count). The van der Waals surface area contributed by atoms with Crippen LogP contribution in [0.25, 0.3) is 11.5 Å². The number of nitrogens with zero attached hydrogens (tertiary/aromatic N) is 3. The van der Waals surface area contributed by atoms with Gasteiger partial charge in [0.1, 0.15) is 0 Å². The molecule has 0 aliphatic carbocycles. The van der Waals surface area contributed by atoms with Crippen LogP contribution in [0.4, 0.5) is 0 Å². The average Bonchev–Trinajstić information content (AvgIpc) is 2.98. The van der Waals surface area contributed by atoms with Crippen LogP contribution in [-0.4, -0.2) is 33.4 Å². The fraction of sp³-hybridized carbons (Fsp3) is 0.545. The van der Waals surface area contributed by atoms with E-state index in [9.17, 15) is 0 Å². The third-order valence-electron chi connectivity index (χ3n) is 3.16. The summed E-state index contributed by atoms with van der Waals surface area (Å²) in [5, 5.41) is 14.2. The molecule has 2 N–H and O–H groups in total. The number of aryl methyl sites for hydroxylation is 1. The molecule has 0 spiro atoms. The summed E-state index contributed by atoms with van der Waals surface area (Å²) >= 11 is 0. The number of aromatic nitrogens is 4. The lowest BCUT2D eigenvalue weighted by Gasteiger charge is -2.19. The van der Waals surface area contributed by atoms with Gasteiger partial charge in [0, 0.05) is 18.2 Å². The summed E-state index contributed by atoms with van der Waals surface area (Å²) in [5.74, 6) is 1.72. The van der Waals surface area contributed by atoms with Crippen LogP contribution in [0, 0.1) is 6.92 Å². The van der Waals surface area contributed by atoms with E-state index in [4.69, 9.17) is 4.52 Å². The molecule has 1 saturated heterocycles. The number of hydrogen-bond donors (Lipinski definition) is 2. The van der Waals surface area contributed by atoms with Crippen LogP contribution < -0.4 is 5.32 Å². The number of aromatic amines is 1. The minimum atomic E-state index is 0.369. The Hall–Kier alpha value is -1.69. The molecular formula is C11H15N5O. The van der Waals surface area contributed by atoms with Crippen molar-refractivity contribution < 1.29 is 4.52 Å². The van der Waals surface area contributed by atoms with Gasteiger partial charge in [-0.1, -0.05) is 5.16 Å². The van der Waals surface area contributed by atoms with E-state index >= 15 is 0 Å². The Kier molecular flexibility index (Phi) is 2.64. The van der Waals surface area contributed by atoms with Crippen molar-refractivity contribution in [2.75, 3.05) is 13.1 Å². The van der Waals surface area contributed by atoms with Crippen LogP contribution >= 0.6 is 0 Å². The molecule has 1 unspecified atom stereocenters. The van der Waals surface area contributed by atoms with Gasteiger partial charge < -0.3 is 9.84 Å². The number of rotatable bonds is 2. The summed E-state index contributed by atoms with van der Waals surface area (Å²) in [6, 6.07) is 0. The number of piperidine rings is 1. The lowest BCUT2D eigenvalue weighted by atomic mass is 9.99. The summed E-state index contributed by atoms with van der Waals surface area (Å²) in [4.78, 5) is 4.46. The monoisotopic (exact) mass is 233 g/mol. The van der Waals surface area contributed by atoms with Gasteiger partial charge in [0.2, 0.25) is 0 Å². The number of H-pyrrole nitrogens is 1. The quantitative estimate of drug-likeness (QED) is 0.815. The molecule has 2 aromatic rings. The molecule has 1 fully saturated rings. The Bertz CT molecular complexity index is 497. The zero-order valence-electron chi connectivity index (χ0n) is 9.73. The summed E-state index contributed by atoms with van der Waals surface area (Å²) in [6.07, 6.45) is 4.00. The number of nitrogens with one attached hydrogen (secondary N) is 2. The van der Waals surface area contributed by atoms with Gasteiger partial charge >= 0.3 is 0 Å². The molecular weight excluding hydrogens is 218 g/mol. The molecule has 0 radical (unpaired) electrons. The largest absolute Gasteiger partial charge is 0.334 e. The highest BCUT2D eigenvalue weighted by Crippen LogP contribution is 2.24. The zero-order valence-corrected chi connectivity index (χ0v) is 9.73. The summed E-state index contributed by atoms with van der Waals surface area (Å²) < 4.78 is 5.29. The van der Waals surface area contributed by atoms with Gasteiger partial charge in [-0.15, -0.1) is 0 Å². The first-order valence-corrected chi connectivity index (χ1v) is 5.89. The first-order chi connectivity index (χ1) is 8.34. The molecule has 6 heteroatoms. The smallest absolute Gasteiger partial charge is 0.261 e. The van der Waals surface area contributed by atoms with Gasteiger partial charge in [-0.05, 0) is 26.3 Å². The van der Waals surface area contributed by atoms with Crippen molar-refractivity contribution in [1.82, 2.24) is 25.7 Å². The van der Waals surface area contributed by atoms with Gasteiger partial charge in [-0.2, -0.15) is 10.1 Å². The molecule has 3 heterocycles. The highest BCUT2D eigenvalue weighted by Gasteiger charge is 2.21. The Morgan fingerprint density at radius 3 is 3.12 bits per heavy atom. The maximum Gasteiger partial charge on any atom is 0.261 e. The minimum absolute atomic E-state index is 0.369. The van der Waals surface area contributed by atoms with Crippen LogP contribution in [-0.2, 0) is 0 Å². The van der Waals surface area contributed by atoms with E-state index in [1.807, 2.05) is 6.92 Å². The molecule has 1 atom stereocenters. The van der Waals surface area contributed by atoms with Crippen LogP contribution in [0.2, 0.25) is 0 Å². The van der Waals surface area contributed by atoms with E-state index < -0.39 is 0 Å². The lowest BCUT2D eigenvalue weighted by molar-refractivity contribution is 0.393. The fourth-order valence-corrected chi connectivity index (χ4v) is 2.15. The summed E-state index contributed by atoms with van der Waals surface area (Å²) in [6.45, 7) is 3.96. The third kappa shape index (κ3) is 1.95. The minimum Gasteiger partial charge on any atom is -0.334 e. The van der Waals surface area contributed by atoms with Gasteiger partial charge in [0.25, 0.3) is 5.89 Å². The van der Waals surface area contributed by atoms with Crippen molar-refractivity contribution in [2.45, 2.75) is 25.7 Å². The molecule has 6 nitrogen and oxygen atoms in total. The highest BCUT2D eigenvalue weighted by molar-refractivity contribution is 5.54. The summed E-state index contributed by atoms with van der Waals surface area (Å²) in [5.41, 5.74) is 1.83. The van der Waals surface area contributed by atoms with Crippen molar-refractivity contribution >= 4 is 0 Å². The Balaban J connectivity index is 1.85. The molecule has 0 bridgehead atoms. The predicted octanol–water partition coefficient (Wildman–Crippen LogP) is 1.24. The van der Waals surface area contributed by atoms with E-state index in [2.05, 4.69) is 25.7 Å². The molecule has 1 aliphatic heterocycles. The van der Waals surface area contributed by atoms with Gasteiger partial charge in [0.05, 0.1) is 11.8 Å². The van der Waals surface area contributed by atoms with Crippen molar-refractivity contribution in [3.8, 4) is 11.5 Å². The van der Waals surface area contributed by atoms with Crippen molar-refractivity contribution in [1.29, 1.82) is 0 Å². The summed E-state index contributed by atoms with van der Waals surface area (Å²) in [7, 11) is 0. The average molecular weight is 233 g/mol. The Morgan fingerprint density at radius 1 is 1.47 bits per heavy atom. The SMILES string of the molecule is Cc1[nH]ncc1-c1nc(C2CCCNC2)no1. The van der Waals surface area contributed by atoms with Crippen LogP contribution in [0.1, 0.15) is 30.3 Å². The maximum absolute atomic E-state index is 5.29. The first-order valence-electron chi connectivity index (χ1n) is 5.89. The zero-order chi connectivity index (χ0) is 11.7. The Labute approximate surface area is 98.8 Å². The second-order valence-corrected chi connectivity index (χ2v) is 4.41. The molecule has 2 aromatic heterocycles. The van der Waals surface area contributed by atoms with Crippen LogP contribution in [0.3, 0.4) is 0 Å². The third-order valence-corrected chi connectivity index (χ3v) is 3.16. The van der Waals surface area contributed by atoms with E-state index in [0.29, 0.717) is 11.8 Å². The second kappa shape index (κ2) is 4.29. The van der Waals surface area contributed by atoms with E-state index in [0.717, 1.165) is 36.6 Å². The molecule has 1 aliphatic rings. The topological polar surface area (TPSA) is 79.6 Å².